The molecule has 1 aromatic carbocycles. The SMILES string of the molecule is CC(C)OC(=O)CCNC(=O)N(Cc1ccc(C(F)(F)F)cc1)C1CC1. The molecule has 0 aromatic heterocycles. The molecule has 0 radical (unpaired) electrons. The van der Waals surface area contributed by atoms with Crippen LogP contribution in [-0.2, 0) is 22.3 Å². The van der Waals surface area contributed by atoms with Gasteiger partial charge in [0, 0.05) is 19.1 Å². The van der Waals surface area contributed by atoms with E-state index in [4.69, 9.17) is 4.74 Å². The number of hydrogen-bond donors (Lipinski definition) is 1. The fourth-order valence-electron chi connectivity index (χ4n) is 2.44. The normalized spacial score (nSPS) is 14.2. The van der Waals surface area contributed by atoms with Crippen molar-refractivity contribution < 1.29 is 27.5 Å². The number of carbonyl (C=O) groups excluding carboxylic acids is 2. The van der Waals surface area contributed by atoms with E-state index in [1.54, 1.807) is 18.7 Å². The lowest BCUT2D eigenvalue weighted by atomic mass is 10.1. The van der Waals surface area contributed by atoms with E-state index in [1.165, 1.54) is 12.1 Å². The summed E-state index contributed by atoms with van der Waals surface area (Å²) in [5.74, 6) is -0.388. The molecule has 1 N–H and O–H groups in total. The first-order chi connectivity index (χ1) is 12.2. The number of carbonyl (C=O) groups is 2. The van der Waals surface area contributed by atoms with Gasteiger partial charge in [-0.2, -0.15) is 13.2 Å². The molecular weight excluding hydrogens is 349 g/mol. The average molecular weight is 372 g/mol. The maximum Gasteiger partial charge on any atom is 0.416 e. The summed E-state index contributed by atoms with van der Waals surface area (Å²) in [7, 11) is 0. The van der Waals surface area contributed by atoms with E-state index in [9.17, 15) is 22.8 Å². The van der Waals surface area contributed by atoms with Gasteiger partial charge in [0.05, 0.1) is 18.1 Å². The Morgan fingerprint density at radius 3 is 2.35 bits per heavy atom. The van der Waals surface area contributed by atoms with Gasteiger partial charge in [0.15, 0.2) is 0 Å². The van der Waals surface area contributed by atoms with Crippen LogP contribution in [0.15, 0.2) is 24.3 Å². The Morgan fingerprint density at radius 1 is 1.23 bits per heavy atom. The first-order valence-electron chi connectivity index (χ1n) is 8.57. The maximum atomic E-state index is 12.6. The standard InChI is InChI=1S/C18H23F3N2O3/c1-12(2)26-16(24)9-10-22-17(25)23(15-7-8-15)11-13-3-5-14(6-4-13)18(19,20)21/h3-6,12,15H,7-11H2,1-2H3,(H,22,25). The Balaban J connectivity index is 1.88. The van der Waals surface area contributed by atoms with E-state index in [0.29, 0.717) is 5.56 Å². The highest BCUT2D eigenvalue weighted by Gasteiger charge is 2.33. The molecule has 144 valence electrons. The summed E-state index contributed by atoms with van der Waals surface area (Å²) in [4.78, 5) is 25.4. The van der Waals surface area contributed by atoms with Crippen LogP contribution >= 0.6 is 0 Å². The zero-order valence-electron chi connectivity index (χ0n) is 14.8. The van der Waals surface area contributed by atoms with Crippen molar-refractivity contribution >= 4 is 12.0 Å². The molecule has 0 saturated heterocycles. The van der Waals surface area contributed by atoms with Crippen LogP contribution in [0.1, 0.15) is 44.2 Å². The topological polar surface area (TPSA) is 58.6 Å². The Labute approximate surface area is 150 Å². The van der Waals surface area contributed by atoms with Gasteiger partial charge in [0.1, 0.15) is 0 Å². The number of urea groups is 1. The smallest absolute Gasteiger partial charge is 0.416 e. The van der Waals surface area contributed by atoms with Gasteiger partial charge in [0.2, 0.25) is 0 Å². The number of rotatable bonds is 7. The fourth-order valence-corrected chi connectivity index (χ4v) is 2.44. The van der Waals surface area contributed by atoms with Crippen LogP contribution in [0, 0.1) is 0 Å². The van der Waals surface area contributed by atoms with E-state index in [2.05, 4.69) is 5.32 Å². The molecule has 1 fully saturated rings. The minimum Gasteiger partial charge on any atom is -0.463 e. The number of alkyl halides is 3. The van der Waals surface area contributed by atoms with E-state index in [1.807, 2.05) is 0 Å². The van der Waals surface area contributed by atoms with Crippen molar-refractivity contribution in [3.63, 3.8) is 0 Å². The summed E-state index contributed by atoms with van der Waals surface area (Å²) in [6, 6.07) is 4.54. The fraction of sp³-hybridized carbons (Fsp3) is 0.556. The first kappa shape index (κ1) is 20.1. The monoisotopic (exact) mass is 372 g/mol. The van der Waals surface area contributed by atoms with Gasteiger partial charge in [-0.1, -0.05) is 12.1 Å². The predicted octanol–water partition coefficient (Wildman–Crippen LogP) is 3.72. The summed E-state index contributed by atoms with van der Waals surface area (Å²) in [6.07, 6.45) is -2.78. The van der Waals surface area contributed by atoms with E-state index in [-0.39, 0.29) is 43.7 Å². The minimum absolute atomic E-state index is 0.0721. The Bertz CT molecular complexity index is 626. The van der Waals surface area contributed by atoms with Crippen LogP contribution in [0.3, 0.4) is 0 Å². The van der Waals surface area contributed by atoms with E-state index in [0.717, 1.165) is 25.0 Å². The van der Waals surface area contributed by atoms with Gasteiger partial charge < -0.3 is 15.0 Å². The van der Waals surface area contributed by atoms with Gasteiger partial charge in [0.25, 0.3) is 0 Å². The van der Waals surface area contributed by atoms with Gasteiger partial charge in [-0.25, -0.2) is 4.79 Å². The summed E-state index contributed by atoms with van der Waals surface area (Å²) in [5, 5.41) is 2.67. The predicted molar refractivity (Wildman–Crippen MR) is 89.3 cm³/mol. The molecule has 1 aromatic rings. The number of benzene rings is 1. The molecule has 8 heteroatoms. The highest BCUT2D eigenvalue weighted by Crippen LogP contribution is 2.31. The summed E-state index contributed by atoms with van der Waals surface area (Å²) in [6.45, 7) is 3.87. The molecule has 2 amide bonds. The molecule has 0 spiro atoms. The van der Waals surface area contributed by atoms with Crippen molar-refractivity contribution in [1.29, 1.82) is 0 Å². The zero-order chi connectivity index (χ0) is 19.3. The number of nitrogens with one attached hydrogen (secondary N) is 1. The third-order valence-electron chi connectivity index (χ3n) is 3.86. The summed E-state index contributed by atoms with van der Waals surface area (Å²) < 4.78 is 42.9. The lowest BCUT2D eigenvalue weighted by Crippen LogP contribution is -2.41. The molecule has 1 aliphatic carbocycles. The molecule has 0 aliphatic heterocycles. The summed E-state index contributed by atoms with van der Waals surface area (Å²) >= 11 is 0. The first-order valence-corrected chi connectivity index (χ1v) is 8.57. The Hall–Kier alpha value is -2.25. The Kier molecular flexibility index (Phi) is 6.50. The molecule has 2 rings (SSSR count). The van der Waals surface area contributed by atoms with Gasteiger partial charge in [-0.05, 0) is 44.4 Å². The van der Waals surface area contributed by atoms with E-state index < -0.39 is 11.7 Å². The molecule has 1 saturated carbocycles. The van der Waals surface area contributed by atoms with Crippen LogP contribution in [0.4, 0.5) is 18.0 Å². The number of ether oxygens (including phenoxy) is 1. The van der Waals surface area contributed by atoms with Crippen LogP contribution in [0.25, 0.3) is 0 Å². The third kappa shape index (κ3) is 6.24. The molecule has 0 unspecified atom stereocenters. The van der Waals surface area contributed by atoms with Crippen LogP contribution in [0.5, 0.6) is 0 Å². The van der Waals surface area contributed by atoms with Gasteiger partial charge in [-0.15, -0.1) is 0 Å². The lowest BCUT2D eigenvalue weighted by molar-refractivity contribution is -0.147. The molecule has 0 atom stereocenters. The van der Waals surface area contributed by atoms with Crippen molar-refractivity contribution in [2.75, 3.05) is 6.54 Å². The van der Waals surface area contributed by atoms with Crippen molar-refractivity contribution in [3.05, 3.63) is 35.4 Å². The lowest BCUT2D eigenvalue weighted by Gasteiger charge is -2.23. The largest absolute Gasteiger partial charge is 0.463 e. The minimum atomic E-state index is -4.38. The second kappa shape index (κ2) is 8.42. The van der Waals surface area contributed by atoms with Crippen LogP contribution in [0.2, 0.25) is 0 Å². The number of esters is 1. The van der Waals surface area contributed by atoms with Crippen molar-refractivity contribution in [1.82, 2.24) is 10.2 Å². The molecule has 1 aliphatic rings. The molecule has 5 nitrogen and oxygen atoms in total. The molecule has 0 heterocycles. The number of halogens is 3. The second-order valence-corrected chi connectivity index (χ2v) is 6.57. The van der Waals surface area contributed by atoms with Crippen molar-refractivity contribution in [3.8, 4) is 0 Å². The summed E-state index contributed by atoms with van der Waals surface area (Å²) in [5.41, 5.74) is -0.0911. The van der Waals surface area contributed by atoms with Gasteiger partial charge >= 0.3 is 18.2 Å². The molecule has 0 bridgehead atoms. The quantitative estimate of drug-likeness (QED) is 0.742. The zero-order valence-corrected chi connectivity index (χ0v) is 14.8. The van der Waals surface area contributed by atoms with Crippen molar-refractivity contribution in [2.24, 2.45) is 0 Å². The van der Waals surface area contributed by atoms with Crippen molar-refractivity contribution in [2.45, 2.75) is 58.0 Å². The number of nitrogens with zero attached hydrogens (tertiary/aromatic N) is 1. The van der Waals surface area contributed by atoms with Gasteiger partial charge in [-0.3, -0.25) is 4.79 Å². The van der Waals surface area contributed by atoms with Crippen LogP contribution in [-0.4, -0.2) is 35.6 Å². The highest BCUT2D eigenvalue weighted by atomic mass is 19.4. The maximum absolute atomic E-state index is 12.6. The van der Waals surface area contributed by atoms with Crippen LogP contribution < -0.4 is 5.32 Å². The molecular formula is C18H23F3N2O3. The molecule has 26 heavy (non-hydrogen) atoms. The Morgan fingerprint density at radius 2 is 1.85 bits per heavy atom. The second-order valence-electron chi connectivity index (χ2n) is 6.57. The third-order valence-corrected chi connectivity index (χ3v) is 3.86. The average Bonchev–Trinajstić information content (AvgIpc) is 3.36. The van der Waals surface area contributed by atoms with E-state index >= 15 is 0 Å². The highest BCUT2D eigenvalue weighted by molar-refractivity contribution is 5.76. The number of hydrogen-bond acceptors (Lipinski definition) is 3. The number of amides is 2.